The highest BCUT2D eigenvalue weighted by molar-refractivity contribution is 7.81. The average Bonchev–Trinajstić information content (AvgIpc) is 2.40. The van der Waals surface area contributed by atoms with E-state index in [0.717, 1.165) is 11.3 Å². The van der Waals surface area contributed by atoms with Crippen molar-refractivity contribution in [2.75, 3.05) is 0 Å². The van der Waals surface area contributed by atoms with Crippen LogP contribution < -0.4 is 5.32 Å². The van der Waals surface area contributed by atoms with Crippen LogP contribution in [0.1, 0.15) is 18.2 Å². The van der Waals surface area contributed by atoms with Crippen molar-refractivity contribution in [3.05, 3.63) is 17.5 Å². The van der Waals surface area contributed by atoms with Gasteiger partial charge in [0, 0.05) is 25.4 Å². The summed E-state index contributed by atoms with van der Waals surface area (Å²) in [5.74, 6) is -0.0587. The maximum absolute atomic E-state index is 11.2. The molecule has 0 aliphatic heterocycles. The third-order valence-corrected chi connectivity index (χ3v) is 2.18. The Labute approximate surface area is 89.1 Å². The van der Waals surface area contributed by atoms with E-state index in [2.05, 4.69) is 23.0 Å². The van der Waals surface area contributed by atoms with E-state index in [9.17, 15) is 4.79 Å². The first-order valence-electron chi connectivity index (χ1n) is 4.45. The van der Waals surface area contributed by atoms with Gasteiger partial charge in [-0.25, -0.2) is 0 Å². The summed E-state index contributed by atoms with van der Waals surface area (Å²) in [6.45, 7) is 4.18. The summed E-state index contributed by atoms with van der Waals surface area (Å²) in [5, 5.41) is 6.69. The van der Waals surface area contributed by atoms with Gasteiger partial charge in [0.1, 0.15) is 0 Å². The van der Waals surface area contributed by atoms with E-state index in [-0.39, 0.29) is 11.2 Å². The van der Waals surface area contributed by atoms with Crippen LogP contribution in [-0.2, 0) is 18.4 Å². The van der Waals surface area contributed by atoms with Crippen molar-refractivity contribution in [3.8, 4) is 0 Å². The lowest BCUT2D eigenvalue weighted by Crippen LogP contribution is -2.29. The quantitative estimate of drug-likeness (QED) is 0.725. The Hall–Kier alpha value is -0.970. The van der Waals surface area contributed by atoms with E-state index < -0.39 is 0 Å². The molecule has 0 fully saturated rings. The van der Waals surface area contributed by atoms with Crippen LogP contribution >= 0.6 is 12.6 Å². The van der Waals surface area contributed by atoms with Crippen molar-refractivity contribution in [2.45, 2.75) is 25.6 Å². The molecule has 0 spiro atoms. The van der Waals surface area contributed by atoms with Gasteiger partial charge >= 0.3 is 0 Å². The number of nitrogens with zero attached hydrogens (tertiary/aromatic N) is 2. The third-order valence-electron chi connectivity index (χ3n) is 1.95. The maximum Gasteiger partial charge on any atom is 0.232 e. The fourth-order valence-corrected chi connectivity index (χ4v) is 1.24. The third kappa shape index (κ3) is 2.77. The summed E-state index contributed by atoms with van der Waals surface area (Å²) in [6, 6.07) is 0. The van der Waals surface area contributed by atoms with Crippen LogP contribution in [0.25, 0.3) is 0 Å². The van der Waals surface area contributed by atoms with Crippen molar-refractivity contribution in [1.82, 2.24) is 15.1 Å². The molecule has 1 aromatic heterocycles. The molecule has 5 heteroatoms. The molecule has 0 bridgehead atoms. The fraction of sp³-hybridized carbons (Fsp3) is 0.556. The summed E-state index contributed by atoms with van der Waals surface area (Å²) in [6.07, 6.45) is 1.90. The number of aryl methyl sites for hydroxylation is 2. The zero-order valence-corrected chi connectivity index (χ0v) is 9.51. The van der Waals surface area contributed by atoms with E-state index in [4.69, 9.17) is 0 Å². The van der Waals surface area contributed by atoms with Crippen LogP contribution in [0.15, 0.2) is 6.20 Å². The zero-order valence-electron chi connectivity index (χ0n) is 8.61. The maximum atomic E-state index is 11.2. The summed E-state index contributed by atoms with van der Waals surface area (Å²) >= 11 is 4.04. The SMILES string of the molecule is Cc1nn(C)cc1CNC(=O)C(C)S. The molecule has 1 N–H and O–H groups in total. The largest absolute Gasteiger partial charge is 0.351 e. The highest BCUT2D eigenvalue weighted by atomic mass is 32.1. The predicted molar refractivity (Wildman–Crippen MR) is 58.2 cm³/mol. The van der Waals surface area contributed by atoms with Crippen LogP contribution in [0.3, 0.4) is 0 Å². The molecule has 0 aliphatic rings. The zero-order chi connectivity index (χ0) is 10.7. The Kier molecular flexibility index (Phi) is 3.57. The van der Waals surface area contributed by atoms with Crippen LogP contribution in [0, 0.1) is 6.92 Å². The molecule has 0 aromatic carbocycles. The molecule has 4 nitrogen and oxygen atoms in total. The van der Waals surface area contributed by atoms with Gasteiger partial charge in [-0.2, -0.15) is 17.7 Å². The van der Waals surface area contributed by atoms with E-state index in [1.807, 2.05) is 20.2 Å². The van der Waals surface area contributed by atoms with Gasteiger partial charge in [0.2, 0.25) is 5.91 Å². The van der Waals surface area contributed by atoms with Crippen molar-refractivity contribution in [2.24, 2.45) is 7.05 Å². The van der Waals surface area contributed by atoms with Gasteiger partial charge in [0.25, 0.3) is 0 Å². The van der Waals surface area contributed by atoms with E-state index in [1.54, 1.807) is 11.6 Å². The van der Waals surface area contributed by atoms with Gasteiger partial charge in [0.15, 0.2) is 0 Å². The number of aromatic nitrogens is 2. The van der Waals surface area contributed by atoms with Gasteiger partial charge in [-0.05, 0) is 13.8 Å². The van der Waals surface area contributed by atoms with E-state index in [1.165, 1.54) is 0 Å². The standard InChI is InChI=1S/C9H15N3OS/c1-6-8(5-12(3)11-6)4-10-9(13)7(2)14/h5,7,14H,4H2,1-3H3,(H,10,13). The Morgan fingerprint density at radius 2 is 2.43 bits per heavy atom. The van der Waals surface area contributed by atoms with Gasteiger partial charge < -0.3 is 5.32 Å². The lowest BCUT2D eigenvalue weighted by Gasteiger charge is -2.05. The Morgan fingerprint density at radius 3 is 2.86 bits per heavy atom. The summed E-state index contributed by atoms with van der Waals surface area (Å²) in [7, 11) is 1.86. The average molecular weight is 213 g/mol. The molecule has 14 heavy (non-hydrogen) atoms. The number of rotatable bonds is 3. The van der Waals surface area contributed by atoms with Gasteiger partial charge in [-0.1, -0.05) is 0 Å². The van der Waals surface area contributed by atoms with Crippen LogP contribution in [0.2, 0.25) is 0 Å². The number of thiol groups is 1. The van der Waals surface area contributed by atoms with Crippen molar-refractivity contribution >= 4 is 18.5 Å². The second-order valence-corrected chi connectivity index (χ2v) is 4.08. The van der Waals surface area contributed by atoms with Crippen molar-refractivity contribution < 1.29 is 4.79 Å². The molecule has 78 valence electrons. The predicted octanol–water partition coefficient (Wildman–Crippen LogP) is 0.663. The monoisotopic (exact) mass is 213 g/mol. The molecule has 1 rings (SSSR count). The molecular formula is C9H15N3OS. The molecular weight excluding hydrogens is 198 g/mol. The first-order valence-corrected chi connectivity index (χ1v) is 4.97. The van der Waals surface area contributed by atoms with Crippen molar-refractivity contribution in [1.29, 1.82) is 0 Å². The minimum absolute atomic E-state index is 0.0587. The van der Waals surface area contributed by atoms with Crippen LogP contribution in [0.4, 0.5) is 0 Å². The molecule has 1 heterocycles. The first-order chi connectivity index (χ1) is 6.50. The molecule has 0 aliphatic carbocycles. The Bertz CT molecular complexity index is 333. The molecule has 1 atom stereocenters. The van der Waals surface area contributed by atoms with Gasteiger partial charge in [-0.15, -0.1) is 0 Å². The first kappa shape index (κ1) is 11.1. The number of hydrogen-bond donors (Lipinski definition) is 2. The van der Waals surface area contributed by atoms with Crippen LogP contribution in [0.5, 0.6) is 0 Å². The highest BCUT2D eigenvalue weighted by Crippen LogP contribution is 2.04. The molecule has 1 amide bonds. The number of nitrogens with one attached hydrogen (secondary N) is 1. The number of hydrogen-bond acceptors (Lipinski definition) is 3. The van der Waals surface area contributed by atoms with Gasteiger partial charge in [0.05, 0.1) is 10.9 Å². The Morgan fingerprint density at radius 1 is 1.79 bits per heavy atom. The molecule has 0 saturated carbocycles. The van der Waals surface area contributed by atoms with E-state index >= 15 is 0 Å². The Balaban J connectivity index is 2.54. The smallest absolute Gasteiger partial charge is 0.232 e. The summed E-state index contributed by atoms with van der Waals surface area (Å²) in [5.41, 5.74) is 1.98. The number of carbonyl (C=O) groups excluding carboxylic acids is 1. The minimum atomic E-state index is -0.271. The van der Waals surface area contributed by atoms with Gasteiger partial charge in [-0.3, -0.25) is 9.48 Å². The second-order valence-electron chi connectivity index (χ2n) is 3.31. The number of carbonyl (C=O) groups is 1. The highest BCUT2D eigenvalue weighted by Gasteiger charge is 2.08. The van der Waals surface area contributed by atoms with Crippen LogP contribution in [-0.4, -0.2) is 20.9 Å². The molecule has 1 aromatic rings. The topological polar surface area (TPSA) is 46.9 Å². The normalized spacial score (nSPS) is 12.6. The number of amides is 1. The van der Waals surface area contributed by atoms with E-state index in [0.29, 0.717) is 6.54 Å². The molecule has 0 radical (unpaired) electrons. The summed E-state index contributed by atoms with van der Waals surface area (Å²) in [4.78, 5) is 11.2. The molecule has 1 unspecified atom stereocenters. The lowest BCUT2D eigenvalue weighted by molar-refractivity contribution is -0.120. The minimum Gasteiger partial charge on any atom is -0.351 e. The lowest BCUT2D eigenvalue weighted by atomic mass is 10.2. The fourth-order valence-electron chi connectivity index (χ4n) is 1.15. The molecule has 0 saturated heterocycles. The summed E-state index contributed by atoms with van der Waals surface area (Å²) < 4.78 is 1.74. The van der Waals surface area contributed by atoms with Crippen molar-refractivity contribution in [3.63, 3.8) is 0 Å². The second kappa shape index (κ2) is 4.50.